The molecular weight excluding hydrogens is 244 g/mol. The van der Waals surface area contributed by atoms with Gasteiger partial charge in [0.25, 0.3) is 0 Å². The quantitative estimate of drug-likeness (QED) is 0.890. The van der Waals surface area contributed by atoms with Crippen LogP contribution < -0.4 is 5.32 Å². The number of benzene rings is 1. The van der Waals surface area contributed by atoms with Crippen LogP contribution in [-0.2, 0) is 6.54 Å². The van der Waals surface area contributed by atoms with E-state index in [4.69, 9.17) is 0 Å². The van der Waals surface area contributed by atoms with Crippen molar-refractivity contribution in [1.29, 1.82) is 0 Å². The minimum Gasteiger partial charge on any atom is -0.310 e. The Bertz CT molecular complexity index is 542. The van der Waals surface area contributed by atoms with Crippen LogP contribution >= 0.6 is 0 Å². The average Bonchev–Trinajstić information content (AvgIpc) is 2.46. The van der Waals surface area contributed by atoms with Crippen LogP contribution in [0.1, 0.15) is 50.5 Å². The molecule has 1 aliphatic rings. The summed E-state index contributed by atoms with van der Waals surface area (Å²) < 4.78 is 0. The Kier molecular flexibility index (Phi) is 4.65. The molecule has 0 unspecified atom stereocenters. The van der Waals surface area contributed by atoms with E-state index in [1.165, 1.54) is 61.3 Å². The largest absolute Gasteiger partial charge is 0.310 e. The van der Waals surface area contributed by atoms with E-state index in [0.717, 1.165) is 6.54 Å². The summed E-state index contributed by atoms with van der Waals surface area (Å²) in [6.45, 7) is 0.989. The van der Waals surface area contributed by atoms with Gasteiger partial charge in [-0.25, -0.2) is 0 Å². The Morgan fingerprint density at radius 3 is 2.60 bits per heavy atom. The van der Waals surface area contributed by atoms with Crippen LogP contribution in [0.2, 0.25) is 0 Å². The first kappa shape index (κ1) is 13.6. The molecule has 3 rings (SSSR count). The highest BCUT2D eigenvalue weighted by Crippen LogP contribution is 2.18. The smallest absolute Gasteiger partial charge is 0.0346 e. The third-order valence-corrected chi connectivity index (χ3v) is 4.41. The molecule has 0 atom stereocenters. The van der Waals surface area contributed by atoms with Crippen LogP contribution in [0.3, 0.4) is 0 Å². The Balaban J connectivity index is 1.60. The second kappa shape index (κ2) is 6.85. The molecule has 0 bridgehead atoms. The zero-order chi connectivity index (χ0) is 13.6. The molecule has 20 heavy (non-hydrogen) atoms. The normalized spacial score (nSPS) is 17.8. The van der Waals surface area contributed by atoms with Crippen LogP contribution in [0.15, 0.2) is 36.7 Å². The monoisotopic (exact) mass is 268 g/mol. The van der Waals surface area contributed by atoms with E-state index < -0.39 is 0 Å². The van der Waals surface area contributed by atoms with Gasteiger partial charge in [-0.05, 0) is 35.9 Å². The van der Waals surface area contributed by atoms with Gasteiger partial charge in [0.15, 0.2) is 0 Å². The maximum atomic E-state index is 4.17. The van der Waals surface area contributed by atoms with Crippen molar-refractivity contribution in [3.05, 3.63) is 42.2 Å². The van der Waals surface area contributed by atoms with Crippen LogP contribution in [-0.4, -0.2) is 11.0 Å². The first-order valence-electron chi connectivity index (χ1n) is 7.98. The van der Waals surface area contributed by atoms with Gasteiger partial charge in [0.1, 0.15) is 0 Å². The zero-order valence-corrected chi connectivity index (χ0v) is 12.1. The van der Waals surface area contributed by atoms with Crippen LogP contribution in [0.25, 0.3) is 10.8 Å². The van der Waals surface area contributed by atoms with Crippen LogP contribution in [0.4, 0.5) is 0 Å². The van der Waals surface area contributed by atoms with Gasteiger partial charge < -0.3 is 5.32 Å². The highest BCUT2D eigenvalue weighted by atomic mass is 14.9. The Morgan fingerprint density at radius 1 is 0.950 bits per heavy atom. The molecule has 1 N–H and O–H groups in total. The fourth-order valence-corrected chi connectivity index (χ4v) is 3.17. The van der Waals surface area contributed by atoms with Gasteiger partial charge >= 0.3 is 0 Å². The molecule has 1 fully saturated rings. The minimum atomic E-state index is 0.712. The zero-order valence-electron chi connectivity index (χ0n) is 12.1. The lowest BCUT2D eigenvalue weighted by atomic mass is 9.96. The second-order valence-electron chi connectivity index (χ2n) is 5.98. The lowest BCUT2D eigenvalue weighted by molar-refractivity contribution is 0.389. The molecule has 0 amide bonds. The molecule has 0 saturated heterocycles. The predicted octanol–water partition coefficient (Wildman–Crippen LogP) is 4.44. The summed E-state index contributed by atoms with van der Waals surface area (Å²) in [6.07, 6.45) is 13.5. The Morgan fingerprint density at radius 2 is 1.75 bits per heavy atom. The molecule has 0 radical (unpaired) electrons. The van der Waals surface area contributed by atoms with E-state index in [1.807, 2.05) is 12.4 Å². The predicted molar refractivity (Wildman–Crippen MR) is 84.7 cm³/mol. The van der Waals surface area contributed by atoms with Crippen molar-refractivity contribution in [3.8, 4) is 0 Å². The lowest BCUT2D eigenvalue weighted by Crippen LogP contribution is -2.29. The molecule has 2 nitrogen and oxygen atoms in total. The molecule has 2 aromatic rings. The van der Waals surface area contributed by atoms with Gasteiger partial charge in [-0.1, -0.05) is 44.2 Å². The van der Waals surface area contributed by atoms with E-state index in [9.17, 15) is 0 Å². The lowest BCUT2D eigenvalue weighted by Gasteiger charge is -2.21. The topological polar surface area (TPSA) is 24.9 Å². The number of hydrogen-bond acceptors (Lipinski definition) is 2. The van der Waals surface area contributed by atoms with E-state index in [0.29, 0.717) is 6.04 Å². The standard InChI is InChI=1S/C18H24N2/c1-2-4-6-18(7-5-3-1)20-13-15-8-9-17-14-19-11-10-16(17)12-15/h8-12,14,18,20H,1-7,13H2. The molecule has 0 aliphatic heterocycles. The highest BCUT2D eigenvalue weighted by Gasteiger charge is 2.10. The molecule has 2 heteroatoms. The molecule has 0 spiro atoms. The summed E-state index contributed by atoms with van der Waals surface area (Å²) in [5.74, 6) is 0. The molecule has 1 aromatic heterocycles. The summed E-state index contributed by atoms with van der Waals surface area (Å²) in [4.78, 5) is 4.17. The number of nitrogens with one attached hydrogen (secondary N) is 1. The average molecular weight is 268 g/mol. The fraction of sp³-hybridized carbons (Fsp3) is 0.500. The number of aromatic nitrogens is 1. The van der Waals surface area contributed by atoms with Crippen molar-refractivity contribution in [2.75, 3.05) is 0 Å². The van der Waals surface area contributed by atoms with E-state index in [2.05, 4.69) is 34.6 Å². The van der Waals surface area contributed by atoms with Crippen molar-refractivity contribution >= 4 is 10.8 Å². The van der Waals surface area contributed by atoms with Crippen LogP contribution in [0.5, 0.6) is 0 Å². The number of fused-ring (bicyclic) bond motifs is 1. The van der Waals surface area contributed by atoms with Gasteiger partial charge in [-0.3, -0.25) is 4.98 Å². The summed E-state index contributed by atoms with van der Waals surface area (Å²) in [6, 6.07) is 9.49. The summed E-state index contributed by atoms with van der Waals surface area (Å²) in [5, 5.41) is 6.27. The molecule has 1 saturated carbocycles. The van der Waals surface area contributed by atoms with Gasteiger partial charge in [0.2, 0.25) is 0 Å². The second-order valence-corrected chi connectivity index (χ2v) is 5.98. The van der Waals surface area contributed by atoms with Crippen molar-refractivity contribution < 1.29 is 0 Å². The number of nitrogens with zero attached hydrogens (tertiary/aromatic N) is 1. The van der Waals surface area contributed by atoms with E-state index in [1.54, 1.807) is 0 Å². The van der Waals surface area contributed by atoms with Gasteiger partial charge in [0, 0.05) is 30.4 Å². The number of hydrogen-bond donors (Lipinski definition) is 1. The molecule has 1 aliphatic carbocycles. The Hall–Kier alpha value is -1.41. The Labute approximate surface area is 121 Å². The molecule has 106 valence electrons. The number of rotatable bonds is 3. The van der Waals surface area contributed by atoms with Crippen molar-refractivity contribution in [1.82, 2.24) is 10.3 Å². The summed E-state index contributed by atoms with van der Waals surface area (Å²) >= 11 is 0. The SMILES string of the molecule is c1cc2cc(CNC3CCCCCCC3)ccc2cn1. The third-order valence-electron chi connectivity index (χ3n) is 4.41. The van der Waals surface area contributed by atoms with Gasteiger partial charge in [-0.2, -0.15) is 0 Å². The maximum absolute atomic E-state index is 4.17. The molecule has 1 heterocycles. The van der Waals surface area contributed by atoms with Gasteiger partial charge in [-0.15, -0.1) is 0 Å². The van der Waals surface area contributed by atoms with Crippen molar-refractivity contribution in [3.63, 3.8) is 0 Å². The maximum Gasteiger partial charge on any atom is 0.0346 e. The summed E-state index contributed by atoms with van der Waals surface area (Å²) in [5.41, 5.74) is 1.38. The van der Waals surface area contributed by atoms with Crippen molar-refractivity contribution in [2.24, 2.45) is 0 Å². The van der Waals surface area contributed by atoms with E-state index >= 15 is 0 Å². The highest BCUT2D eigenvalue weighted by molar-refractivity contribution is 5.81. The molecular formula is C18H24N2. The van der Waals surface area contributed by atoms with Crippen LogP contribution in [0, 0.1) is 0 Å². The first-order valence-corrected chi connectivity index (χ1v) is 7.98. The van der Waals surface area contributed by atoms with Crippen molar-refractivity contribution in [2.45, 2.75) is 57.5 Å². The third kappa shape index (κ3) is 3.57. The van der Waals surface area contributed by atoms with Gasteiger partial charge in [0.05, 0.1) is 0 Å². The first-order chi connectivity index (χ1) is 9.92. The number of pyridine rings is 1. The molecule has 1 aromatic carbocycles. The van der Waals surface area contributed by atoms with E-state index in [-0.39, 0.29) is 0 Å². The minimum absolute atomic E-state index is 0.712. The fourth-order valence-electron chi connectivity index (χ4n) is 3.17. The summed E-state index contributed by atoms with van der Waals surface area (Å²) in [7, 11) is 0.